The number of nitrogens with one attached hydrogen (secondary N) is 4. The lowest BCUT2D eigenvalue weighted by Gasteiger charge is -2.31. The molecule has 0 spiro atoms. The van der Waals surface area contributed by atoms with Crippen molar-refractivity contribution in [2.45, 2.75) is 145 Å². The number of para-hydroxylation sites is 1. The number of hydrogen-bond donors (Lipinski definition) is 5. The van der Waals surface area contributed by atoms with Crippen LogP contribution in [-0.2, 0) is 33.9 Å². The maximum absolute atomic E-state index is 13.7. The summed E-state index contributed by atoms with van der Waals surface area (Å²) in [4.78, 5) is 65.5. The van der Waals surface area contributed by atoms with Gasteiger partial charge in [-0.05, 0) is 102 Å². The first-order valence-electron chi connectivity index (χ1n) is 19.5. The second kappa shape index (κ2) is 17.2. The molecule has 54 heavy (non-hydrogen) atoms. The third-order valence-electron chi connectivity index (χ3n) is 11.0. The van der Waals surface area contributed by atoms with Gasteiger partial charge in [0.05, 0.1) is 5.69 Å². The van der Waals surface area contributed by atoms with Crippen molar-refractivity contribution in [2.75, 3.05) is 18.4 Å². The summed E-state index contributed by atoms with van der Waals surface area (Å²) in [7, 11) is -4.34. The molecular formula is C38H57N5O10S. The van der Waals surface area contributed by atoms with E-state index in [0.717, 1.165) is 51.4 Å². The number of hydrogen-bond acceptors (Lipinski definition) is 10. The van der Waals surface area contributed by atoms with Gasteiger partial charge in [-0.1, -0.05) is 51.2 Å². The molecule has 15 nitrogen and oxygen atoms in total. The number of ether oxygens (including phenoxy) is 2. The van der Waals surface area contributed by atoms with Crippen molar-refractivity contribution in [1.82, 2.24) is 20.3 Å². The van der Waals surface area contributed by atoms with E-state index in [-0.39, 0.29) is 35.2 Å². The van der Waals surface area contributed by atoms with Crippen LogP contribution in [0.3, 0.4) is 0 Å². The quantitative estimate of drug-likeness (QED) is 0.127. The number of carboxylic acids is 1. The molecule has 1 heterocycles. The molecule has 0 aromatic heterocycles. The molecule has 4 fully saturated rings. The highest BCUT2D eigenvalue weighted by Crippen LogP contribution is 2.51. The molecular weight excluding hydrogens is 719 g/mol. The predicted octanol–water partition coefficient (Wildman–Crippen LogP) is 4.91. The standard InChI is InChI=1S/C38H57N5O10S/c1-5-25-22-38(25,41-32(44)31-27-21-24(27)23-43(31)36(49)53-37(2,3)4)34(47)42-54(50,51)30-19-13-12-17-28(30)39-20-14-8-6-7-9-18-29(33(45)46)40-35(48)52-26-15-10-11-16-26/h12-13,17,19,24-27,29,31,39H,5-11,14-16,18,20-23H2,1-4H3,(H,40,48)(H,41,44)(H,42,47)(H,45,46)/t24?,25-,27?,29+,31?,38-/m1/s1. The van der Waals surface area contributed by atoms with Gasteiger partial charge in [-0.15, -0.1) is 0 Å². The van der Waals surface area contributed by atoms with Gasteiger partial charge >= 0.3 is 18.2 Å². The van der Waals surface area contributed by atoms with Crippen LogP contribution >= 0.6 is 0 Å². The number of amides is 4. The number of alkyl carbamates (subject to hydrolysis) is 1. The van der Waals surface area contributed by atoms with E-state index in [1.807, 2.05) is 6.92 Å². The third-order valence-corrected chi connectivity index (χ3v) is 12.3. The number of unbranched alkanes of at least 4 members (excludes halogenated alkanes) is 4. The maximum Gasteiger partial charge on any atom is 0.410 e. The van der Waals surface area contributed by atoms with Crippen molar-refractivity contribution in [3.8, 4) is 0 Å². The molecule has 0 bridgehead atoms. The summed E-state index contributed by atoms with van der Waals surface area (Å²) < 4.78 is 40.4. The lowest BCUT2D eigenvalue weighted by atomic mass is 10.1. The second-order valence-electron chi connectivity index (χ2n) is 16.3. The molecule has 3 unspecified atom stereocenters. The number of sulfonamides is 1. The molecule has 1 saturated heterocycles. The number of rotatable bonds is 18. The Morgan fingerprint density at radius 2 is 1.70 bits per heavy atom. The highest BCUT2D eigenvalue weighted by molar-refractivity contribution is 7.90. The topological polar surface area (TPSA) is 210 Å². The Bertz CT molecular complexity index is 1660. The molecule has 6 atom stereocenters. The van der Waals surface area contributed by atoms with Crippen molar-refractivity contribution in [3.63, 3.8) is 0 Å². The Balaban J connectivity index is 1.08. The Labute approximate surface area is 318 Å². The fourth-order valence-electron chi connectivity index (χ4n) is 7.85. The van der Waals surface area contributed by atoms with E-state index in [9.17, 15) is 37.5 Å². The van der Waals surface area contributed by atoms with Crippen molar-refractivity contribution >= 4 is 45.7 Å². The molecule has 4 amide bonds. The van der Waals surface area contributed by atoms with E-state index in [1.54, 1.807) is 39.0 Å². The summed E-state index contributed by atoms with van der Waals surface area (Å²) >= 11 is 0. The Kier molecular flexibility index (Phi) is 13.1. The number of aliphatic carboxylic acids is 1. The highest BCUT2D eigenvalue weighted by atomic mass is 32.2. The molecule has 3 saturated carbocycles. The smallest absolute Gasteiger partial charge is 0.410 e. The summed E-state index contributed by atoms with van der Waals surface area (Å²) in [5.41, 5.74) is -1.82. The Hall–Kier alpha value is -4.08. The normalized spacial score (nSPS) is 25.2. The van der Waals surface area contributed by atoms with Crippen LogP contribution in [0.15, 0.2) is 29.2 Å². The first-order chi connectivity index (χ1) is 25.5. The average Bonchev–Trinajstić information content (AvgIpc) is 3.90. The number of carbonyl (C=O) groups is 5. The molecule has 3 aliphatic carbocycles. The lowest BCUT2D eigenvalue weighted by Crippen LogP contribution is -2.57. The fourth-order valence-corrected chi connectivity index (χ4v) is 9.07. The monoisotopic (exact) mass is 775 g/mol. The summed E-state index contributed by atoms with van der Waals surface area (Å²) in [6, 6.07) is 4.50. The first kappa shape index (κ1) is 41.1. The van der Waals surface area contributed by atoms with Crippen molar-refractivity contribution in [3.05, 3.63) is 24.3 Å². The van der Waals surface area contributed by atoms with Crippen molar-refractivity contribution in [2.24, 2.45) is 17.8 Å². The number of benzene rings is 1. The van der Waals surface area contributed by atoms with Crippen LogP contribution in [0.5, 0.6) is 0 Å². The van der Waals surface area contributed by atoms with Gasteiger partial charge in [0.2, 0.25) is 5.91 Å². The number of carbonyl (C=O) groups excluding carboxylic acids is 4. The SMILES string of the molecule is CC[C@@H]1C[C@]1(NC(=O)C1C2CC2CN1C(=O)OC(C)(C)C)C(=O)NS(=O)(=O)c1ccccc1NCCCCCCC[C@H](NC(=O)OC1CCCC1)C(=O)O. The number of likely N-dealkylation sites (tertiary alicyclic amines) is 1. The second-order valence-corrected chi connectivity index (χ2v) is 17.9. The molecule has 300 valence electrons. The Morgan fingerprint density at radius 3 is 2.37 bits per heavy atom. The molecule has 16 heteroatoms. The van der Waals surface area contributed by atoms with Crippen LogP contribution in [0, 0.1) is 17.8 Å². The maximum atomic E-state index is 13.7. The van der Waals surface area contributed by atoms with Crippen molar-refractivity contribution < 1.29 is 47.0 Å². The van der Waals surface area contributed by atoms with Gasteiger partial charge in [-0.3, -0.25) is 14.5 Å². The zero-order valence-electron chi connectivity index (χ0n) is 31.9. The lowest BCUT2D eigenvalue weighted by molar-refractivity contribution is -0.139. The molecule has 0 radical (unpaired) electrons. The van der Waals surface area contributed by atoms with Gasteiger partial charge in [0.1, 0.15) is 34.2 Å². The van der Waals surface area contributed by atoms with Crippen LogP contribution in [-0.4, -0.2) is 90.8 Å². The molecule has 4 aliphatic rings. The molecule has 1 aliphatic heterocycles. The molecule has 1 aromatic carbocycles. The van der Waals surface area contributed by atoms with Gasteiger partial charge in [0.25, 0.3) is 15.9 Å². The van der Waals surface area contributed by atoms with Gasteiger partial charge in [-0.25, -0.2) is 27.5 Å². The van der Waals surface area contributed by atoms with Crippen LogP contribution in [0.4, 0.5) is 15.3 Å². The fraction of sp³-hybridized carbons (Fsp3) is 0.711. The minimum Gasteiger partial charge on any atom is -0.480 e. The van der Waals surface area contributed by atoms with E-state index in [2.05, 4.69) is 20.7 Å². The predicted molar refractivity (Wildman–Crippen MR) is 199 cm³/mol. The zero-order valence-corrected chi connectivity index (χ0v) is 32.7. The number of anilines is 1. The van der Waals surface area contributed by atoms with Gasteiger partial charge in [0, 0.05) is 13.1 Å². The summed E-state index contributed by atoms with van der Waals surface area (Å²) in [5.74, 6) is -2.47. The minimum atomic E-state index is -4.34. The van der Waals surface area contributed by atoms with Crippen LogP contribution < -0.4 is 20.7 Å². The third kappa shape index (κ3) is 10.4. The van der Waals surface area contributed by atoms with Gasteiger partial charge in [-0.2, -0.15) is 0 Å². The Morgan fingerprint density at radius 1 is 1.02 bits per heavy atom. The number of piperidine rings is 1. The summed E-state index contributed by atoms with van der Waals surface area (Å²) in [6.07, 6.45) is 7.84. The molecule has 5 rings (SSSR count). The largest absolute Gasteiger partial charge is 0.480 e. The summed E-state index contributed by atoms with van der Waals surface area (Å²) in [6.45, 7) is 8.00. The zero-order chi connectivity index (χ0) is 39.3. The minimum absolute atomic E-state index is 0.0251. The van der Waals surface area contributed by atoms with E-state index in [1.165, 1.54) is 11.0 Å². The van der Waals surface area contributed by atoms with Crippen LogP contribution in [0.2, 0.25) is 0 Å². The molecule has 5 N–H and O–H groups in total. The molecule has 1 aromatic rings. The highest BCUT2D eigenvalue weighted by Gasteiger charge is 2.64. The van der Waals surface area contributed by atoms with E-state index >= 15 is 0 Å². The first-order valence-corrected chi connectivity index (χ1v) is 20.9. The number of nitrogens with zero attached hydrogens (tertiary/aromatic N) is 1. The average molecular weight is 776 g/mol. The van der Waals surface area contributed by atoms with E-state index in [0.29, 0.717) is 44.5 Å². The van der Waals surface area contributed by atoms with Crippen LogP contribution in [0.25, 0.3) is 0 Å². The van der Waals surface area contributed by atoms with Gasteiger partial charge in [0.15, 0.2) is 0 Å². The number of carboxylic acid groups (broad SMARTS) is 1. The van der Waals surface area contributed by atoms with E-state index < -0.39 is 63.2 Å². The summed E-state index contributed by atoms with van der Waals surface area (Å²) in [5, 5.41) is 18.0. The van der Waals surface area contributed by atoms with E-state index in [4.69, 9.17) is 9.47 Å². The number of fused-ring (bicyclic) bond motifs is 1. The van der Waals surface area contributed by atoms with Crippen molar-refractivity contribution in [1.29, 1.82) is 0 Å². The van der Waals surface area contributed by atoms with Gasteiger partial charge < -0.3 is 30.5 Å². The van der Waals surface area contributed by atoms with Crippen LogP contribution in [0.1, 0.15) is 111 Å².